The summed E-state index contributed by atoms with van der Waals surface area (Å²) in [4.78, 5) is 28.0. The van der Waals surface area contributed by atoms with Gasteiger partial charge in [-0.05, 0) is 31.6 Å². The zero-order valence-corrected chi connectivity index (χ0v) is 12.9. The summed E-state index contributed by atoms with van der Waals surface area (Å²) < 4.78 is 0. The number of amides is 3. The molecule has 2 rings (SSSR count). The smallest absolute Gasteiger partial charge is 0.325 e. The number of piperidine rings is 1. The highest BCUT2D eigenvalue weighted by molar-refractivity contribution is 6.04. The van der Waals surface area contributed by atoms with E-state index in [0.29, 0.717) is 18.6 Å². The van der Waals surface area contributed by atoms with Gasteiger partial charge in [-0.2, -0.15) is 0 Å². The van der Waals surface area contributed by atoms with Crippen molar-refractivity contribution in [3.05, 3.63) is 0 Å². The van der Waals surface area contributed by atoms with Gasteiger partial charge in [0, 0.05) is 12.6 Å². The standard InChI is InChI=1S/C15H27N3O2/c1-4-12-7-5-6-8-17(12)10-18-14(19)13(9-11(2)3)16-15(18)20/h11-13H,4-10H2,1-3H3,(H,16,20)/t12-,13-/m0/s1. The van der Waals surface area contributed by atoms with Crippen LogP contribution < -0.4 is 5.32 Å². The molecule has 0 aromatic heterocycles. The molecule has 0 aromatic rings. The van der Waals surface area contributed by atoms with Crippen LogP contribution in [0.2, 0.25) is 0 Å². The first-order chi connectivity index (χ1) is 9.52. The van der Waals surface area contributed by atoms with Crippen molar-refractivity contribution in [2.45, 2.75) is 65.0 Å². The van der Waals surface area contributed by atoms with E-state index >= 15 is 0 Å². The quantitative estimate of drug-likeness (QED) is 0.786. The number of rotatable bonds is 5. The third-order valence-corrected chi connectivity index (χ3v) is 4.36. The molecule has 2 saturated heterocycles. The summed E-state index contributed by atoms with van der Waals surface area (Å²) >= 11 is 0. The second-order valence-electron chi connectivity index (χ2n) is 6.41. The van der Waals surface area contributed by atoms with Crippen LogP contribution in [0, 0.1) is 5.92 Å². The molecule has 2 fully saturated rings. The highest BCUT2D eigenvalue weighted by atomic mass is 16.2. The molecule has 0 bridgehead atoms. The predicted molar refractivity (Wildman–Crippen MR) is 78.1 cm³/mol. The Hall–Kier alpha value is -1.10. The van der Waals surface area contributed by atoms with Gasteiger partial charge in [0.1, 0.15) is 6.04 Å². The van der Waals surface area contributed by atoms with Crippen LogP contribution in [-0.2, 0) is 4.79 Å². The summed E-state index contributed by atoms with van der Waals surface area (Å²) in [5.74, 6) is 0.353. The Kier molecular flexibility index (Phi) is 5.02. The molecule has 0 aromatic carbocycles. The van der Waals surface area contributed by atoms with Crippen LogP contribution in [0.5, 0.6) is 0 Å². The van der Waals surface area contributed by atoms with E-state index in [4.69, 9.17) is 0 Å². The third kappa shape index (κ3) is 3.32. The van der Waals surface area contributed by atoms with Gasteiger partial charge in [-0.1, -0.05) is 27.2 Å². The number of hydrogen-bond donors (Lipinski definition) is 1. The fourth-order valence-electron chi connectivity index (χ4n) is 3.23. The molecule has 2 aliphatic heterocycles. The summed E-state index contributed by atoms with van der Waals surface area (Å²) in [7, 11) is 0. The molecule has 3 amide bonds. The first kappa shape index (κ1) is 15.3. The van der Waals surface area contributed by atoms with Gasteiger partial charge in [-0.25, -0.2) is 9.69 Å². The van der Waals surface area contributed by atoms with Crippen LogP contribution in [0.3, 0.4) is 0 Å². The molecule has 20 heavy (non-hydrogen) atoms. The molecule has 2 atom stereocenters. The monoisotopic (exact) mass is 281 g/mol. The van der Waals surface area contributed by atoms with Gasteiger partial charge in [0.15, 0.2) is 0 Å². The van der Waals surface area contributed by atoms with Crippen LogP contribution in [-0.4, -0.2) is 47.0 Å². The van der Waals surface area contributed by atoms with Gasteiger partial charge in [0.25, 0.3) is 5.91 Å². The lowest BCUT2D eigenvalue weighted by Crippen LogP contribution is -2.48. The zero-order valence-electron chi connectivity index (χ0n) is 12.9. The summed E-state index contributed by atoms with van der Waals surface area (Å²) in [6, 6.07) is -0.0399. The van der Waals surface area contributed by atoms with E-state index in [-0.39, 0.29) is 18.0 Å². The molecule has 0 aliphatic carbocycles. The largest absolute Gasteiger partial charge is 0.326 e. The lowest BCUT2D eigenvalue weighted by Gasteiger charge is -2.36. The Morgan fingerprint density at radius 2 is 2.05 bits per heavy atom. The number of hydrogen-bond acceptors (Lipinski definition) is 3. The molecule has 0 radical (unpaired) electrons. The second kappa shape index (κ2) is 6.57. The number of imide groups is 1. The highest BCUT2D eigenvalue weighted by Crippen LogP contribution is 2.21. The maximum atomic E-state index is 12.3. The van der Waals surface area contributed by atoms with E-state index in [9.17, 15) is 9.59 Å². The molecule has 2 aliphatic rings. The zero-order chi connectivity index (χ0) is 14.7. The van der Waals surface area contributed by atoms with E-state index in [1.807, 2.05) is 0 Å². The average Bonchev–Trinajstić information content (AvgIpc) is 2.66. The summed E-state index contributed by atoms with van der Waals surface area (Å²) in [5.41, 5.74) is 0. The number of carbonyl (C=O) groups excluding carboxylic acids is 2. The molecule has 0 spiro atoms. The third-order valence-electron chi connectivity index (χ3n) is 4.36. The molecule has 2 heterocycles. The lowest BCUT2D eigenvalue weighted by atomic mass is 10.0. The van der Waals surface area contributed by atoms with E-state index in [2.05, 4.69) is 31.0 Å². The van der Waals surface area contributed by atoms with Crippen molar-refractivity contribution in [1.29, 1.82) is 0 Å². The molecular weight excluding hydrogens is 254 g/mol. The fraction of sp³-hybridized carbons (Fsp3) is 0.867. The van der Waals surface area contributed by atoms with E-state index < -0.39 is 0 Å². The van der Waals surface area contributed by atoms with Crippen LogP contribution in [0.25, 0.3) is 0 Å². The van der Waals surface area contributed by atoms with Gasteiger partial charge < -0.3 is 5.32 Å². The van der Waals surface area contributed by atoms with Crippen molar-refractivity contribution in [3.63, 3.8) is 0 Å². The van der Waals surface area contributed by atoms with Gasteiger partial charge in [-0.15, -0.1) is 0 Å². The van der Waals surface area contributed by atoms with Crippen molar-refractivity contribution in [3.8, 4) is 0 Å². The normalized spacial score (nSPS) is 28.3. The van der Waals surface area contributed by atoms with Crippen LogP contribution in [0.15, 0.2) is 0 Å². The summed E-state index contributed by atoms with van der Waals surface area (Å²) in [6.07, 6.45) is 5.40. The Bertz CT molecular complexity index is 370. The minimum atomic E-state index is -0.327. The Morgan fingerprint density at radius 1 is 1.30 bits per heavy atom. The first-order valence-corrected chi connectivity index (χ1v) is 7.88. The van der Waals surface area contributed by atoms with Crippen molar-refractivity contribution >= 4 is 11.9 Å². The van der Waals surface area contributed by atoms with E-state index in [1.165, 1.54) is 17.7 Å². The molecule has 5 heteroatoms. The maximum absolute atomic E-state index is 12.3. The fourth-order valence-corrected chi connectivity index (χ4v) is 3.23. The van der Waals surface area contributed by atoms with Gasteiger partial charge in [-0.3, -0.25) is 9.69 Å². The summed E-state index contributed by atoms with van der Waals surface area (Å²) in [5, 5.41) is 2.82. The molecule has 0 unspecified atom stereocenters. The molecule has 0 saturated carbocycles. The van der Waals surface area contributed by atoms with Crippen molar-refractivity contribution in [1.82, 2.24) is 15.1 Å². The highest BCUT2D eigenvalue weighted by Gasteiger charge is 2.39. The second-order valence-corrected chi connectivity index (χ2v) is 6.41. The number of carbonyl (C=O) groups is 2. The number of likely N-dealkylation sites (tertiary alicyclic amines) is 1. The Morgan fingerprint density at radius 3 is 2.70 bits per heavy atom. The molecular formula is C15H27N3O2. The Balaban J connectivity index is 1.98. The minimum Gasteiger partial charge on any atom is -0.326 e. The molecule has 114 valence electrons. The molecule has 1 N–H and O–H groups in total. The lowest BCUT2D eigenvalue weighted by molar-refractivity contribution is -0.129. The predicted octanol–water partition coefficient (Wildman–Crippen LogP) is 2.17. The van der Waals surface area contributed by atoms with Gasteiger partial charge >= 0.3 is 6.03 Å². The van der Waals surface area contributed by atoms with Crippen molar-refractivity contribution < 1.29 is 9.59 Å². The van der Waals surface area contributed by atoms with Crippen molar-refractivity contribution in [2.24, 2.45) is 5.92 Å². The van der Waals surface area contributed by atoms with Crippen LogP contribution in [0.1, 0.15) is 52.9 Å². The van der Waals surface area contributed by atoms with Crippen LogP contribution >= 0.6 is 0 Å². The first-order valence-electron chi connectivity index (χ1n) is 7.88. The number of nitrogens with one attached hydrogen (secondary N) is 1. The van der Waals surface area contributed by atoms with E-state index in [1.54, 1.807) is 0 Å². The Labute approximate surface area is 121 Å². The number of nitrogens with zero attached hydrogens (tertiary/aromatic N) is 2. The van der Waals surface area contributed by atoms with E-state index in [0.717, 1.165) is 25.8 Å². The number of urea groups is 1. The maximum Gasteiger partial charge on any atom is 0.325 e. The van der Waals surface area contributed by atoms with Gasteiger partial charge in [0.2, 0.25) is 0 Å². The average molecular weight is 281 g/mol. The van der Waals surface area contributed by atoms with Crippen LogP contribution in [0.4, 0.5) is 4.79 Å². The van der Waals surface area contributed by atoms with Gasteiger partial charge in [0.05, 0.1) is 6.67 Å². The topological polar surface area (TPSA) is 52.6 Å². The minimum absolute atomic E-state index is 0.0517. The SMILES string of the molecule is CC[C@H]1CCCCN1CN1C(=O)N[C@@H](CC(C)C)C1=O. The molecule has 5 nitrogen and oxygen atoms in total. The van der Waals surface area contributed by atoms with Crippen molar-refractivity contribution in [2.75, 3.05) is 13.2 Å². The summed E-state index contributed by atoms with van der Waals surface area (Å²) in [6.45, 7) is 7.76.